The fourth-order valence-corrected chi connectivity index (χ4v) is 4.61. The van der Waals surface area contributed by atoms with Crippen LogP contribution >= 0.6 is 0 Å². The maximum absolute atomic E-state index is 13.0. The molecule has 0 unspecified atom stereocenters. The normalized spacial score (nSPS) is 16.4. The van der Waals surface area contributed by atoms with Crippen LogP contribution in [0.2, 0.25) is 0 Å². The number of hydrogen-bond acceptors (Lipinski definition) is 4. The number of benzene rings is 1. The summed E-state index contributed by atoms with van der Waals surface area (Å²) in [5, 5.41) is 7.55. The first kappa shape index (κ1) is 20.4. The minimum atomic E-state index is -0.173. The second-order valence-electron chi connectivity index (χ2n) is 8.13. The molecule has 7 nitrogen and oxygen atoms in total. The highest BCUT2D eigenvalue weighted by molar-refractivity contribution is 5.94. The molecular weight excluding hydrogens is 380 g/mol. The molecule has 0 radical (unpaired) electrons. The summed E-state index contributed by atoms with van der Waals surface area (Å²) in [6, 6.07) is 7.88. The van der Waals surface area contributed by atoms with E-state index in [1.54, 1.807) is 7.11 Å². The molecule has 1 aliphatic carbocycles. The molecule has 1 saturated carbocycles. The van der Waals surface area contributed by atoms with E-state index in [2.05, 4.69) is 10.4 Å². The highest BCUT2D eigenvalue weighted by Gasteiger charge is 2.33. The first-order chi connectivity index (χ1) is 14.6. The molecule has 0 spiro atoms. The van der Waals surface area contributed by atoms with Gasteiger partial charge in [0.1, 0.15) is 5.75 Å². The van der Waals surface area contributed by atoms with Crippen molar-refractivity contribution in [3.8, 4) is 5.75 Å². The van der Waals surface area contributed by atoms with Gasteiger partial charge < -0.3 is 15.0 Å². The number of ether oxygens (including phenoxy) is 1. The van der Waals surface area contributed by atoms with Gasteiger partial charge in [-0.15, -0.1) is 0 Å². The lowest BCUT2D eigenvalue weighted by Gasteiger charge is -2.30. The summed E-state index contributed by atoms with van der Waals surface area (Å²) in [5.74, 6) is 1.01. The number of carbonyl (C=O) groups is 2. The second-order valence-corrected chi connectivity index (χ2v) is 8.13. The average Bonchev–Trinajstić information content (AvgIpc) is 3.42. The van der Waals surface area contributed by atoms with Crippen molar-refractivity contribution in [2.24, 2.45) is 5.92 Å². The molecular formula is C23H30N4O3. The zero-order valence-corrected chi connectivity index (χ0v) is 17.8. The molecule has 0 bridgehead atoms. The van der Waals surface area contributed by atoms with Crippen LogP contribution in [0, 0.1) is 5.92 Å². The SMILES string of the molecule is CCNC(=O)c1nn(Cc2cccc(OC)c2)c2c1CN(C(=O)C1CCCC1)CC2. The summed E-state index contributed by atoms with van der Waals surface area (Å²) in [7, 11) is 1.65. The van der Waals surface area contributed by atoms with Gasteiger partial charge in [0.25, 0.3) is 5.91 Å². The summed E-state index contributed by atoms with van der Waals surface area (Å²) in [6.07, 6.45) is 4.96. The summed E-state index contributed by atoms with van der Waals surface area (Å²) >= 11 is 0. The first-order valence-electron chi connectivity index (χ1n) is 10.9. The lowest BCUT2D eigenvalue weighted by molar-refractivity contribution is -0.136. The van der Waals surface area contributed by atoms with Gasteiger partial charge >= 0.3 is 0 Å². The van der Waals surface area contributed by atoms with Gasteiger partial charge in [-0.3, -0.25) is 14.3 Å². The largest absolute Gasteiger partial charge is 0.497 e. The highest BCUT2D eigenvalue weighted by atomic mass is 16.5. The zero-order chi connectivity index (χ0) is 21.1. The van der Waals surface area contributed by atoms with Crippen molar-refractivity contribution >= 4 is 11.8 Å². The van der Waals surface area contributed by atoms with Crippen LogP contribution in [-0.4, -0.2) is 46.7 Å². The number of hydrogen-bond donors (Lipinski definition) is 1. The Hall–Kier alpha value is -2.83. The van der Waals surface area contributed by atoms with Crippen LogP contribution in [0.1, 0.15) is 59.9 Å². The summed E-state index contributed by atoms with van der Waals surface area (Å²) < 4.78 is 7.25. The van der Waals surface area contributed by atoms with Crippen molar-refractivity contribution in [3.05, 3.63) is 46.8 Å². The molecule has 2 heterocycles. The Bertz CT molecular complexity index is 931. The molecule has 1 N–H and O–H groups in total. The molecule has 1 fully saturated rings. The van der Waals surface area contributed by atoms with Gasteiger partial charge in [0.05, 0.1) is 13.7 Å². The Labute approximate surface area is 177 Å². The maximum Gasteiger partial charge on any atom is 0.272 e. The number of nitrogens with zero attached hydrogens (tertiary/aromatic N) is 3. The van der Waals surface area contributed by atoms with Crippen molar-refractivity contribution in [3.63, 3.8) is 0 Å². The third-order valence-electron chi connectivity index (χ3n) is 6.17. The first-order valence-corrected chi connectivity index (χ1v) is 10.9. The molecule has 7 heteroatoms. The van der Waals surface area contributed by atoms with Crippen LogP contribution in [0.25, 0.3) is 0 Å². The topological polar surface area (TPSA) is 76.5 Å². The van der Waals surface area contributed by atoms with Crippen LogP contribution < -0.4 is 10.1 Å². The third-order valence-corrected chi connectivity index (χ3v) is 6.17. The van der Waals surface area contributed by atoms with E-state index in [1.165, 1.54) is 0 Å². The number of rotatable bonds is 6. The molecule has 160 valence electrons. The fourth-order valence-electron chi connectivity index (χ4n) is 4.61. The Balaban J connectivity index is 1.62. The predicted octanol–water partition coefficient (Wildman–Crippen LogP) is 2.76. The van der Waals surface area contributed by atoms with E-state index < -0.39 is 0 Å². The number of amides is 2. The van der Waals surface area contributed by atoms with Crippen molar-refractivity contribution in [1.29, 1.82) is 0 Å². The van der Waals surface area contributed by atoms with Crippen LogP contribution in [0.15, 0.2) is 24.3 Å². The predicted molar refractivity (Wildman–Crippen MR) is 113 cm³/mol. The Morgan fingerprint density at radius 1 is 1.27 bits per heavy atom. The van der Waals surface area contributed by atoms with Crippen molar-refractivity contribution in [2.75, 3.05) is 20.2 Å². The quantitative estimate of drug-likeness (QED) is 0.795. The Morgan fingerprint density at radius 2 is 2.07 bits per heavy atom. The molecule has 1 aromatic carbocycles. The molecule has 1 aromatic heterocycles. The number of fused-ring (bicyclic) bond motifs is 1. The number of methoxy groups -OCH3 is 1. The fraction of sp³-hybridized carbons (Fsp3) is 0.522. The van der Waals surface area contributed by atoms with Crippen molar-refractivity contribution in [1.82, 2.24) is 20.0 Å². The minimum Gasteiger partial charge on any atom is -0.497 e. The molecule has 0 saturated heterocycles. The van der Waals surface area contributed by atoms with Gasteiger partial charge in [-0.05, 0) is 37.5 Å². The molecule has 2 amide bonds. The Morgan fingerprint density at radius 3 is 2.80 bits per heavy atom. The van der Waals surface area contributed by atoms with E-state index in [0.717, 1.165) is 48.3 Å². The Kier molecular flexibility index (Phi) is 6.06. The summed E-state index contributed by atoms with van der Waals surface area (Å²) in [5.41, 5.74) is 3.45. The van der Waals surface area contributed by atoms with Gasteiger partial charge in [-0.25, -0.2) is 0 Å². The van der Waals surface area contributed by atoms with Crippen molar-refractivity contribution in [2.45, 2.75) is 52.1 Å². The molecule has 2 aliphatic rings. The monoisotopic (exact) mass is 410 g/mol. The van der Waals surface area contributed by atoms with E-state index in [1.807, 2.05) is 40.8 Å². The van der Waals surface area contributed by atoms with Gasteiger partial charge in [0, 0.05) is 43.2 Å². The summed E-state index contributed by atoms with van der Waals surface area (Å²) in [6.45, 7) is 4.15. The van der Waals surface area contributed by atoms with E-state index in [4.69, 9.17) is 4.74 Å². The maximum atomic E-state index is 13.0. The highest BCUT2D eigenvalue weighted by Crippen LogP contribution is 2.30. The lowest BCUT2D eigenvalue weighted by Crippen LogP contribution is -2.40. The van der Waals surface area contributed by atoms with Gasteiger partial charge in [-0.1, -0.05) is 25.0 Å². The van der Waals surface area contributed by atoms with Gasteiger partial charge in [0.15, 0.2) is 5.69 Å². The van der Waals surface area contributed by atoms with E-state index in [-0.39, 0.29) is 17.7 Å². The van der Waals surface area contributed by atoms with E-state index >= 15 is 0 Å². The molecule has 0 atom stereocenters. The van der Waals surface area contributed by atoms with Gasteiger partial charge in [0.2, 0.25) is 5.91 Å². The number of nitrogens with one attached hydrogen (secondary N) is 1. The number of aromatic nitrogens is 2. The second kappa shape index (κ2) is 8.90. The van der Waals surface area contributed by atoms with E-state index in [0.29, 0.717) is 38.3 Å². The summed E-state index contributed by atoms with van der Waals surface area (Å²) in [4.78, 5) is 27.6. The lowest BCUT2D eigenvalue weighted by atomic mass is 10.0. The third kappa shape index (κ3) is 4.06. The van der Waals surface area contributed by atoms with Crippen LogP contribution in [0.4, 0.5) is 0 Å². The van der Waals surface area contributed by atoms with Crippen LogP contribution in [-0.2, 0) is 24.3 Å². The molecule has 4 rings (SSSR count). The average molecular weight is 411 g/mol. The standard InChI is InChI=1S/C23H30N4O3/c1-3-24-22(28)21-19-15-26(23(29)17-8-4-5-9-17)12-11-20(19)27(25-21)14-16-7-6-10-18(13-16)30-2/h6-7,10,13,17H,3-5,8-9,11-12,14-15H2,1-2H3,(H,24,28). The minimum absolute atomic E-state index is 0.145. The van der Waals surface area contributed by atoms with E-state index in [9.17, 15) is 9.59 Å². The zero-order valence-electron chi connectivity index (χ0n) is 17.8. The van der Waals surface area contributed by atoms with Crippen LogP contribution in [0.5, 0.6) is 5.75 Å². The smallest absolute Gasteiger partial charge is 0.272 e. The van der Waals surface area contributed by atoms with Gasteiger partial charge in [-0.2, -0.15) is 5.10 Å². The molecule has 30 heavy (non-hydrogen) atoms. The number of carbonyl (C=O) groups excluding carboxylic acids is 2. The van der Waals surface area contributed by atoms with Crippen molar-refractivity contribution < 1.29 is 14.3 Å². The van der Waals surface area contributed by atoms with Crippen LogP contribution in [0.3, 0.4) is 0 Å². The molecule has 1 aliphatic heterocycles. The molecule has 2 aromatic rings.